The first kappa shape index (κ1) is 13.9. The molecule has 0 saturated heterocycles. The summed E-state index contributed by atoms with van der Waals surface area (Å²) in [5, 5.41) is 3.44. The zero-order valence-corrected chi connectivity index (χ0v) is 11.2. The maximum Gasteiger partial charge on any atom is 0.216 e. The molecule has 0 bridgehead atoms. The normalized spacial score (nSPS) is 12.8. The van der Waals surface area contributed by atoms with Gasteiger partial charge in [0.1, 0.15) is 6.33 Å². The van der Waals surface area contributed by atoms with Crippen molar-refractivity contribution >= 4 is 0 Å². The lowest BCUT2D eigenvalue weighted by atomic mass is 10.2. The summed E-state index contributed by atoms with van der Waals surface area (Å²) in [4.78, 5) is 8.36. The minimum Gasteiger partial charge on any atom is -0.475 e. The molecule has 0 aliphatic rings. The average Bonchev–Trinajstić information content (AvgIpc) is 2.26. The summed E-state index contributed by atoms with van der Waals surface area (Å²) in [5.41, 5.74) is 1.02. The maximum absolute atomic E-state index is 5.55. The fraction of sp³-hybridized carbons (Fsp3) is 0.692. The molecular formula is C13H23N3O. The predicted molar refractivity (Wildman–Crippen MR) is 69.3 cm³/mol. The number of nitrogens with zero attached hydrogens (tertiary/aromatic N) is 2. The highest BCUT2D eigenvalue weighted by atomic mass is 16.5. The smallest absolute Gasteiger partial charge is 0.216 e. The van der Waals surface area contributed by atoms with Crippen LogP contribution in [0.2, 0.25) is 0 Å². The quantitative estimate of drug-likeness (QED) is 0.789. The zero-order valence-electron chi connectivity index (χ0n) is 11.2. The predicted octanol–water partition coefficient (Wildman–Crippen LogP) is 2.19. The lowest BCUT2D eigenvalue weighted by Crippen LogP contribution is -2.29. The number of nitrogens with one attached hydrogen (secondary N) is 1. The summed E-state index contributed by atoms with van der Waals surface area (Å²) >= 11 is 0. The van der Waals surface area contributed by atoms with Gasteiger partial charge < -0.3 is 10.1 Å². The Balaban J connectivity index is 2.53. The molecule has 17 heavy (non-hydrogen) atoms. The van der Waals surface area contributed by atoms with Crippen LogP contribution in [0, 0.1) is 0 Å². The highest BCUT2D eigenvalue weighted by molar-refractivity contribution is 5.14. The van der Waals surface area contributed by atoms with Crippen LogP contribution in [0.25, 0.3) is 0 Å². The number of ether oxygens (including phenoxy) is 1. The van der Waals surface area contributed by atoms with Crippen molar-refractivity contribution in [2.24, 2.45) is 0 Å². The van der Waals surface area contributed by atoms with Crippen LogP contribution in [0.4, 0.5) is 0 Å². The van der Waals surface area contributed by atoms with Gasteiger partial charge in [-0.3, -0.25) is 0 Å². The summed E-state index contributed by atoms with van der Waals surface area (Å²) < 4.78 is 5.55. The van der Waals surface area contributed by atoms with E-state index in [0.717, 1.165) is 25.1 Å². The third-order valence-corrected chi connectivity index (χ3v) is 2.31. The van der Waals surface area contributed by atoms with E-state index in [9.17, 15) is 0 Å². The maximum atomic E-state index is 5.55. The van der Waals surface area contributed by atoms with Crippen LogP contribution >= 0.6 is 0 Å². The molecule has 1 heterocycles. The Morgan fingerprint density at radius 3 is 2.71 bits per heavy atom. The van der Waals surface area contributed by atoms with Gasteiger partial charge in [0.25, 0.3) is 0 Å². The number of hydrogen-bond donors (Lipinski definition) is 1. The molecule has 1 unspecified atom stereocenters. The molecule has 0 fully saturated rings. The molecule has 0 radical (unpaired) electrons. The van der Waals surface area contributed by atoms with Crippen LogP contribution in [-0.4, -0.2) is 28.7 Å². The summed E-state index contributed by atoms with van der Waals surface area (Å²) in [6.45, 7) is 9.36. The van der Waals surface area contributed by atoms with E-state index in [0.29, 0.717) is 11.9 Å². The monoisotopic (exact) mass is 237 g/mol. The van der Waals surface area contributed by atoms with E-state index in [1.807, 2.05) is 19.9 Å². The van der Waals surface area contributed by atoms with Gasteiger partial charge in [0.15, 0.2) is 0 Å². The van der Waals surface area contributed by atoms with Crippen LogP contribution in [-0.2, 0) is 6.42 Å². The highest BCUT2D eigenvalue weighted by Gasteiger charge is 2.06. The van der Waals surface area contributed by atoms with Gasteiger partial charge >= 0.3 is 0 Å². The molecule has 0 aliphatic heterocycles. The van der Waals surface area contributed by atoms with Crippen molar-refractivity contribution in [3.05, 3.63) is 18.1 Å². The van der Waals surface area contributed by atoms with Gasteiger partial charge in [-0.05, 0) is 33.7 Å². The Morgan fingerprint density at radius 2 is 2.06 bits per heavy atom. The van der Waals surface area contributed by atoms with Crippen molar-refractivity contribution < 1.29 is 4.74 Å². The minimum atomic E-state index is 0.147. The lowest BCUT2D eigenvalue weighted by molar-refractivity contribution is 0.232. The first-order valence-corrected chi connectivity index (χ1v) is 6.32. The molecular weight excluding hydrogens is 214 g/mol. The Kier molecular flexibility index (Phi) is 5.91. The van der Waals surface area contributed by atoms with Gasteiger partial charge in [-0.1, -0.05) is 6.92 Å². The second-order valence-corrected chi connectivity index (χ2v) is 4.57. The fourth-order valence-corrected chi connectivity index (χ4v) is 1.57. The van der Waals surface area contributed by atoms with Crippen molar-refractivity contribution in [3.63, 3.8) is 0 Å². The average molecular weight is 237 g/mol. The molecule has 1 atom stereocenters. The van der Waals surface area contributed by atoms with Crippen molar-refractivity contribution in [3.8, 4) is 5.88 Å². The third-order valence-electron chi connectivity index (χ3n) is 2.31. The van der Waals surface area contributed by atoms with E-state index in [4.69, 9.17) is 4.74 Å². The molecule has 1 aromatic rings. The number of aromatic nitrogens is 2. The van der Waals surface area contributed by atoms with E-state index in [-0.39, 0.29) is 6.10 Å². The Bertz CT molecular complexity index is 328. The molecule has 1 N–H and O–H groups in total. The van der Waals surface area contributed by atoms with E-state index in [1.54, 1.807) is 6.33 Å². The molecule has 0 aliphatic carbocycles. The molecule has 1 aromatic heterocycles. The molecule has 0 amide bonds. The molecule has 0 aromatic carbocycles. The number of rotatable bonds is 7. The molecule has 96 valence electrons. The second kappa shape index (κ2) is 7.22. The van der Waals surface area contributed by atoms with E-state index >= 15 is 0 Å². The number of hydrogen-bond acceptors (Lipinski definition) is 4. The van der Waals surface area contributed by atoms with Gasteiger partial charge in [-0.25, -0.2) is 9.97 Å². The van der Waals surface area contributed by atoms with Gasteiger partial charge in [-0.2, -0.15) is 0 Å². The van der Waals surface area contributed by atoms with Crippen molar-refractivity contribution in [2.75, 3.05) is 6.54 Å². The largest absolute Gasteiger partial charge is 0.475 e. The van der Waals surface area contributed by atoms with Gasteiger partial charge in [0.2, 0.25) is 5.88 Å². The van der Waals surface area contributed by atoms with Crippen molar-refractivity contribution in [2.45, 2.75) is 52.7 Å². The van der Waals surface area contributed by atoms with Crippen molar-refractivity contribution in [1.82, 2.24) is 15.3 Å². The van der Waals surface area contributed by atoms with Crippen LogP contribution < -0.4 is 10.1 Å². The molecule has 1 rings (SSSR count). The summed E-state index contributed by atoms with van der Waals surface area (Å²) in [6, 6.07) is 2.35. The fourth-order valence-electron chi connectivity index (χ4n) is 1.57. The van der Waals surface area contributed by atoms with Crippen LogP contribution in [0.1, 0.15) is 39.8 Å². The van der Waals surface area contributed by atoms with Crippen LogP contribution in [0.15, 0.2) is 12.4 Å². The second-order valence-electron chi connectivity index (χ2n) is 4.57. The first-order chi connectivity index (χ1) is 8.11. The summed E-state index contributed by atoms with van der Waals surface area (Å²) in [5.74, 6) is 0.660. The Labute approximate surface area is 104 Å². The molecule has 4 heteroatoms. The summed E-state index contributed by atoms with van der Waals surface area (Å²) in [7, 11) is 0. The summed E-state index contributed by atoms with van der Waals surface area (Å²) in [6.07, 6.45) is 3.76. The molecule has 0 spiro atoms. The Morgan fingerprint density at radius 1 is 1.29 bits per heavy atom. The van der Waals surface area contributed by atoms with E-state index < -0.39 is 0 Å². The van der Waals surface area contributed by atoms with E-state index in [2.05, 4.69) is 29.1 Å². The van der Waals surface area contributed by atoms with Crippen molar-refractivity contribution in [1.29, 1.82) is 0 Å². The third kappa shape index (κ3) is 5.63. The SMILES string of the molecule is CCCNC(C)Cc1cc(OC(C)C)ncn1. The van der Waals surface area contributed by atoms with Gasteiger partial charge in [0, 0.05) is 24.2 Å². The van der Waals surface area contributed by atoms with Crippen LogP contribution in [0.3, 0.4) is 0 Å². The first-order valence-electron chi connectivity index (χ1n) is 6.32. The molecule has 0 saturated carbocycles. The molecule has 4 nitrogen and oxygen atoms in total. The lowest BCUT2D eigenvalue weighted by Gasteiger charge is -2.13. The highest BCUT2D eigenvalue weighted by Crippen LogP contribution is 2.10. The van der Waals surface area contributed by atoms with Gasteiger partial charge in [0.05, 0.1) is 6.10 Å². The zero-order chi connectivity index (χ0) is 12.7. The Hall–Kier alpha value is -1.16. The van der Waals surface area contributed by atoms with Gasteiger partial charge in [-0.15, -0.1) is 0 Å². The minimum absolute atomic E-state index is 0.147. The van der Waals surface area contributed by atoms with Crippen LogP contribution in [0.5, 0.6) is 5.88 Å². The van der Waals surface area contributed by atoms with E-state index in [1.165, 1.54) is 0 Å². The standard InChI is InChI=1S/C13H23N3O/c1-5-6-14-11(4)7-12-8-13(16-9-15-12)17-10(2)3/h8-11,14H,5-7H2,1-4H3. The topological polar surface area (TPSA) is 47.0 Å².